The molecule has 0 saturated heterocycles. The highest BCUT2D eigenvalue weighted by Crippen LogP contribution is 2.12. The van der Waals surface area contributed by atoms with Gasteiger partial charge in [0.15, 0.2) is 0 Å². The third kappa shape index (κ3) is 4.81. The molecular formula is C15H29N3. The first-order valence-electron chi connectivity index (χ1n) is 7.38. The maximum atomic E-state index is 4.57. The molecule has 104 valence electrons. The highest BCUT2D eigenvalue weighted by molar-refractivity contribution is 5.21. The third-order valence-corrected chi connectivity index (χ3v) is 3.64. The summed E-state index contributed by atoms with van der Waals surface area (Å²) >= 11 is 0. The van der Waals surface area contributed by atoms with Gasteiger partial charge in [0.25, 0.3) is 0 Å². The van der Waals surface area contributed by atoms with E-state index in [9.17, 15) is 0 Å². The zero-order valence-electron chi connectivity index (χ0n) is 12.6. The molecule has 1 aromatic heterocycles. The number of hydrogen-bond acceptors (Lipinski definition) is 2. The van der Waals surface area contributed by atoms with Gasteiger partial charge < -0.3 is 5.32 Å². The maximum Gasteiger partial charge on any atom is 0.0625 e. The Morgan fingerprint density at radius 1 is 1.00 bits per heavy atom. The van der Waals surface area contributed by atoms with E-state index >= 15 is 0 Å². The normalized spacial score (nSPS) is 11.1. The van der Waals surface area contributed by atoms with Gasteiger partial charge in [-0.15, -0.1) is 0 Å². The Bertz CT molecular complexity index is 342. The van der Waals surface area contributed by atoms with Crippen LogP contribution in [0.15, 0.2) is 0 Å². The van der Waals surface area contributed by atoms with Crippen molar-refractivity contribution in [1.29, 1.82) is 0 Å². The third-order valence-electron chi connectivity index (χ3n) is 3.64. The van der Waals surface area contributed by atoms with Crippen LogP contribution in [0, 0.1) is 20.8 Å². The summed E-state index contributed by atoms with van der Waals surface area (Å²) in [6.07, 6.45) is 6.42. The molecule has 0 bridgehead atoms. The monoisotopic (exact) mass is 251 g/mol. The number of aromatic nitrogens is 2. The Balaban J connectivity index is 2.09. The standard InChI is InChI=1S/C15H29N3/c1-5-10-16-11-8-6-7-9-12-18-15(4)13(2)14(3)17-18/h16H,5-12H2,1-4H3. The first-order chi connectivity index (χ1) is 8.66. The maximum absolute atomic E-state index is 4.57. The molecule has 0 aliphatic carbocycles. The lowest BCUT2D eigenvalue weighted by Crippen LogP contribution is -2.15. The predicted octanol–water partition coefficient (Wildman–Crippen LogP) is 3.37. The topological polar surface area (TPSA) is 29.9 Å². The molecule has 0 aliphatic rings. The molecule has 0 saturated carbocycles. The Kier molecular flexibility index (Phi) is 7.02. The lowest BCUT2D eigenvalue weighted by Gasteiger charge is -2.05. The lowest BCUT2D eigenvalue weighted by atomic mass is 10.2. The first kappa shape index (κ1) is 15.2. The second-order valence-corrected chi connectivity index (χ2v) is 5.18. The molecule has 0 fully saturated rings. The molecule has 0 amide bonds. The van der Waals surface area contributed by atoms with Crippen LogP contribution in [0.2, 0.25) is 0 Å². The highest BCUT2D eigenvalue weighted by Gasteiger charge is 2.05. The fraction of sp³-hybridized carbons (Fsp3) is 0.800. The molecular weight excluding hydrogens is 222 g/mol. The number of nitrogens with zero attached hydrogens (tertiary/aromatic N) is 2. The summed E-state index contributed by atoms with van der Waals surface area (Å²) in [5.74, 6) is 0. The van der Waals surface area contributed by atoms with Gasteiger partial charge in [-0.05, 0) is 58.7 Å². The Morgan fingerprint density at radius 2 is 1.72 bits per heavy atom. The first-order valence-corrected chi connectivity index (χ1v) is 7.38. The van der Waals surface area contributed by atoms with Crippen LogP contribution < -0.4 is 5.32 Å². The van der Waals surface area contributed by atoms with Gasteiger partial charge in [-0.3, -0.25) is 4.68 Å². The number of aryl methyl sites for hydroxylation is 2. The van der Waals surface area contributed by atoms with Gasteiger partial charge in [-0.25, -0.2) is 0 Å². The molecule has 18 heavy (non-hydrogen) atoms. The van der Waals surface area contributed by atoms with Crippen molar-refractivity contribution >= 4 is 0 Å². The summed E-state index contributed by atoms with van der Waals surface area (Å²) in [6, 6.07) is 0. The Labute approximate surface area is 112 Å². The van der Waals surface area contributed by atoms with Crippen molar-refractivity contribution in [2.24, 2.45) is 0 Å². The molecule has 0 radical (unpaired) electrons. The van der Waals surface area contributed by atoms with Gasteiger partial charge in [0.1, 0.15) is 0 Å². The minimum absolute atomic E-state index is 1.07. The highest BCUT2D eigenvalue weighted by atomic mass is 15.3. The van der Waals surface area contributed by atoms with Crippen LogP contribution in [-0.4, -0.2) is 22.9 Å². The fourth-order valence-corrected chi connectivity index (χ4v) is 2.17. The molecule has 0 aliphatic heterocycles. The lowest BCUT2D eigenvalue weighted by molar-refractivity contribution is 0.515. The molecule has 0 aromatic carbocycles. The van der Waals surface area contributed by atoms with Gasteiger partial charge in [-0.2, -0.15) is 5.10 Å². The summed E-state index contributed by atoms with van der Waals surface area (Å²) in [7, 11) is 0. The Hall–Kier alpha value is -0.830. The SMILES string of the molecule is CCCNCCCCCCn1nc(C)c(C)c1C. The molecule has 1 rings (SSSR count). The number of unbranched alkanes of at least 4 members (excludes halogenated alkanes) is 3. The summed E-state index contributed by atoms with van der Waals surface area (Å²) in [4.78, 5) is 0. The average Bonchev–Trinajstić information content (AvgIpc) is 2.60. The fourth-order valence-electron chi connectivity index (χ4n) is 2.17. The van der Waals surface area contributed by atoms with Gasteiger partial charge in [0, 0.05) is 12.2 Å². The summed E-state index contributed by atoms with van der Waals surface area (Å²) in [6.45, 7) is 12.0. The van der Waals surface area contributed by atoms with Crippen LogP contribution in [-0.2, 0) is 6.54 Å². The van der Waals surface area contributed by atoms with Crippen molar-refractivity contribution in [1.82, 2.24) is 15.1 Å². The molecule has 0 atom stereocenters. The zero-order valence-corrected chi connectivity index (χ0v) is 12.6. The number of rotatable bonds is 9. The van der Waals surface area contributed by atoms with E-state index in [1.165, 1.54) is 55.6 Å². The predicted molar refractivity (Wildman–Crippen MR) is 78.1 cm³/mol. The van der Waals surface area contributed by atoms with E-state index < -0.39 is 0 Å². The Morgan fingerprint density at radius 3 is 2.33 bits per heavy atom. The molecule has 1 N–H and O–H groups in total. The minimum atomic E-state index is 1.07. The van der Waals surface area contributed by atoms with Crippen LogP contribution in [0.5, 0.6) is 0 Å². The quantitative estimate of drug-likeness (QED) is 0.682. The van der Waals surface area contributed by atoms with Crippen molar-refractivity contribution in [2.75, 3.05) is 13.1 Å². The van der Waals surface area contributed by atoms with Crippen LogP contribution in [0.25, 0.3) is 0 Å². The molecule has 1 heterocycles. The van der Waals surface area contributed by atoms with Crippen molar-refractivity contribution in [3.05, 3.63) is 17.0 Å². The molecule has 3 heteroatoms. The van der Waals surface area contributed by atoms with E-state index in [2.05, 4.69) is 42.8 Å². The van der Waals surface area contributed by atoms with Crippen LogP contribution in [0.1, 0.15) is 56.0 Å². The second-order valence-electron chi connectivity index (χ2n) is 5.18. The number of hydrogen-bond donors (Lipinski definition) is 1. The van der Waals surface area contributed by atoms with E-state index in [1.54, 1.807) is 0 Å². The van der Waals surface area contributed by atoms with E-state index in [0.29, 0.717) is 0 Å². The van der Waals surface area contributed by atoms with Crippen molar-refractivity contribution in [3.8, 4) is 0 Å². The summed E-state index contributed by atoms with van der Waals surface area (Å²) in [5, 5.41) is 8.02. The molecule has 0 unspecified atom stereocenters. The smallest absolute Gasteiger partial charge is 0.0625 e. The van der Waals surface area contributed by atoms with Crippen LogP contribution in [0.3, 0.4) is 0 Å². The van der Waals surface area contributed by atoms with Gasteiger partial charge in [-0.1, -0.05) is 19.8 Å². The molecule has 0 spiro atoms. The van der Waals surface area contributed by atoms with Crippen molar-refractivity contribution < 1.29 is 0 Å². The summed E-state index contributed by atoms with van der Waals surface area (Å²) in [5.41, 5.74) is 3.85. The zero-order chi connectivity index (χ0) is 13.4. The van der Waals surface area contributed by atoms with Crippen molar-refractivity contribution in [2.45, 2.75) is 66.3 Å². The summed E-state index contributed by atoms with van der Waals surface area (Å²) < 4.78 is 2.17. The molecule has 3 nitrogen and oxygen atoms in total. The molecule has 1 aromatic rings. The number of nitrogens with one attached hydrogen (secondary N) is 1. The van der Waals surface area contributed by atoms with E-state index in [1.807, 2.05) is 0 Å². The van der Waals surface area contributed by atoms with E-state index in [-0.39, 0.29) is 0 Å². The second kappa shape index (κ2) is 8.30. The van der Waals surface area contributed by atoms with E-state index in [0.717, 1.165) is 13.1 Å². The van der Waals surface area contributed by atoms with Gasteiger partial charge in [0.05, 0.1) is 5.69 Å². The van der Waals surface area contributed by atoms with E-state index in [4.69, 9.17) is 0 Å². The largest absolute Gasteiger partial charge is 0.317 e. The van der Waals surface area contributed by atoms with Gasteiger partial charge >= 0.3 is 0 Å². The average molecular weight is 251 g/mol. The van der Waals surface area contributed by atoms with Crippen molar-refractivity contribution in [3.63, 3.8) is 0 Å². The van der Waals surface area contributed by atoms with Crippen LogP contribution >= 0.6 is 0 Å². The van der Waals surface area contributed by atoms with Crippen LogP contribution in [0.4, 0.5) is 0 Å². The van der Waals surface area contributed by atoms with Gasteiger partial charge in [0.2, 0.25) is 0 Å². The minimum Gasteiger partial charge on any atom is -0.317 e.